The summed E-state index contributed by atoms with van der Waals surface area (Å²) in [6.07, 6.45) is 2.79. The van der Waals surface area contributed by atoms with Crippen molar-refractivity contribution in [3.8, 4) is 5.75 Å². The number of nitrogens with zero attached hydrogens (tertiary/aromatic N) is 1. The maximum atomic E-state index is 9.73. The number of fused-ring (bicyclic) bond motifs is 1. The Morgan fingerprint density at radius 1 is 1.35 bits per heavy atom. The van der Waals surface area contributed by atoms with Crippen molar-refractivity contribution >= 4 is 0 Å². The molecule has 0 aromatic heterocycles. The molecular weight excluding hydrogens is 252 g/mol. The second-order valence-electron chi connectivity index (χ2n) is 5.98. The van der Waals surface area contributed by atoms with Crippen LogP contribution in [0.1, 0.15) is 18.4 Å². The Bertz CT molecular complexity index is 435. The molecule has 20 heavy (non-hydrogen) atoms. The maximum Gasteiger partial charge on any atom is 0.118 e. The van der Waals surface area contributed by atoms with Crippen LogP contribution in [0.3, 0.4) is 0 Å². The molecule has 1 aromatic carbocycles. The first-order chi connectivity index (χ1) is 9.74. The lowest BCUT2D eigenvalue weighted by atomic mass is 9.94. The van der Waals surface area contributed by atoms with E-state index in [1.165, 1.54) is 5.56 Å². The van der Waals surface area contributed by atoms with Gasteiger partial charge in [0, 0.05) is 31.7 Å². The number of ether oxygens (including phenoxy) is 1. The monoisotopic (exact) mass is 276 g/mol. The summed E-state index contributed by atoms with van der Waals surface area (Å²) >= 11 is 0. The van der Waals surface area contributed by atoms with Gasteiger partial charge in [0.15, 0.2) is 0 Å². The van der Waals surface area contributed by atoms with E-state index in [1.54, 1.807) is 7.11 Å². The van der Waals surface area contributed by atoms with Gasteiger partial charge in [-0.05, 0) is 37.0 Å². The number of nitrogens with one attached hydrogen (secondary N) is 1. The van der Waals surface area contributed by atoms with Crippen molar-refractivity contribution in [1.29, 1.82) is 0 Å². The lowest BCUT2D eigenvalue weighted by molar-refractivity contribution is 0.0190. The van der Waals surface area contributed by atoms with Crippen LogP contribution >= 0.6 is 0 Å². The van der Waals surface area contributed by atoms with Crippen LogP contribution in [-0.2, 0) is 6.42 Å². The van der Waals surface area contributed by atoms with Crippen LogP contribution in [0.2, 0.25) is 0 Å². The van der Waals surface area contributed by atoms with E-state index in [1.807, 2.05) is 12.1 Å². The minimum atomic E-state index is -0.101. The normalized spacial score (nSPS) is 30.8. The highest BCUT2D eigenvalue weighted by Crippen LogP contribution is 2.21. The molecule has 2 N–H and O–H groups in total. The van der Waals surface area contributed by atoms with Crippen LogP contribution in [0.5, 0.6) is 5.75 Å². The summed E-state index contributed by atoms with van der Waals surface area (Å²) < 4.78 is 5.19. The molecule has 3 rings (SSSR count). The van der Waals surface area contributed by atoms with E-state index in [0.717, 1.165) is 44.6 Å². The molecule has 4 heteroatoms. The lowest BCUT2D eigenvalue weighted by Crippen LogP contribution is -2.60. The second-order valence-corrected chi connectivity index (χ2v) is 5.98. The van der Waals surface area contributed by atoms with E-state index in [4.69, 9.17) is 4.74 Å². The number of aliphatic hydroxyl groups excluding tert-OH is 1. The standard InChI is InChI=1S/C16H24N2O2/c1-20-16-4-2-12(3-5-16)8-13-11-18-7-6-15(19)9-14(18)10-17-13/h2-5,13-15,17,19H,6-11H2,1H3/t13-,14+,15-/m0/s1. The molecular formula is C16H24N2O2. The van der Waals surface area contributed by atoms with E-state index in [9.17, 15) is 5.11 Å². The van der Waals surface area contributed by atoms with E-state index < -0.39 is 0 Å². The molecule has 4 nitrogen and oxygen atoms in total. The minimum absolute atomic E-state index is 0.101. The largest absolute Gasteiger partial charge is 0.497 e. The van der Waals surface area contributed by atoms with Gasteiger partial charge in [0.2, 0.25) is 0 Å². The summed E-state index contributed by atoms with van der Waals surface area (Å²) in [7, 11) is 1.70. The third-order valence-corrected chi connectivity index (χ3v) is 4.55. The average Bonchev–Trinajstić information content (AvgIpc) is 2.48. The van der Waals surface area contributed by atoms with E-state index >= 15 is 0 Å². The highest BCUT2D eigenvalue weighted by Gasteiger charge is 2.32. The van der Waals surface area contributed by atoms with Crippen LogP contribution in [0.25, 0.3) is 0 Å². The summed E-state index contributed by atoms with van der Waals surface area (Å²) in [5.41, 5.74) is 1.35. The molecule has 2 aliphatic rings. The zero-order chi connectivity index (χ0) is 13.9. The molecule has 2 saturated heterocycles. The Labute approximate surface area is 120 Å². The van der Waals surface area contributed by atoms with Crippen molar-refractivity contribution in [3.63, 3.8) is 0 Å². The fraction of sp³-hybridized carbons (Fsp3) is 0.625. The van der Waals surface area contributed by atoms with E-state index in [0.29, 0.717) is 12.1 Å². The molecule has 3 atom stereocenters. The first-order valence-corrected chi connectivity index (χ1v) is 7.53. The van der Waals surface area contributed by atoms with E-state index in [2.05, 4.69) is 22.3 Å². The molecule has 0 spiro atoms. The second kappa shape index (κ2) is 6.12. The molecule has 110 valence electrons. The van der Waals surface area contributed by atoms with Crippen LogP contribution in [-0.4, -0.2) is 54.9 Å². The van der Waals surface area contributed by atoms with Gasteiger partial charge in [-0.25, -0.2) is 0 Å². The predicted molar refractivity (Wildman–Crippen MR) is 79.1 cm³/mol. The Balaban J connectivity index is 1.56. The molecule has 0 radical (unpaired) electrons. The molecule has 2 heterocycles. The zero-order valence-electron chi connectivity index (χ0n) is 12.1. The molecule has 2 fully saturated rings. The SMILES string of the molecule is COc1ccc(C[C@H]2CN3CC[C@H](O)C[C@@H]3CN2)cc1. The van der Waals surface area contributed by atoms with Gasteiger partial charge >= 0.3 is 0 Å². The molecule has 0 saturated carbocycles. The third-order valence-electron chi connectivity index (χ3n) is 4.55. The highest BCUT2D eigenvalue weighted by molar-refractivity contribution is 5.27. The van der Waals surface area contributed by atoms with Gasteiger partial charge in [0.05, 0.1) is 13.2 Å². The number of methoxy groups -OCH3 is 1. The third kappa shape index (κ3) is 3.14. The quantitative estimate of drug-likeness (QED) is 0.866. The Hall–Kier alpha value is -1.10. The number of piperidine rings is 1. The van der Waals surface area contributed by atoms with Crippen molar-refractivity contribution in [2.75, 3.05) is 26.7 Å². The van der Waals surface area contributed by atoms with E-state index in [-0.39, 0.29) is 6.10 Å². The van der Waals surface area contributed by atoms with Gasteiger partial charge in [-0.15, -0.1) is 0 Å². The maximum absolute atomic E-state index is 9.73. The molecule has 0 unspecified atom stereocenters. The van der Waals surface area contributed by atoms with Crippen molar-refractivity contribution in [3.05, 3.63) is 29.8 Å². The van der Waals surface area contributed by atoms with Gasteiger partial charge in [0.25, 0.3) is 0 Å². The van der Waals surface area contributed by atoms with Crippen LogP contribution < -0.4 is 10.1 Å². The van der Waals surface area contributed by atoms with Crippen molar-refractivity contribution < 1.29 is 9.84 Å². The Morgan fingerprint density at radius 3 is 2.90 bits per heavy atom. The van der Waals surface area contributed by atoms with Gasteiger partial charge in [-0.1, -0.05) is 12.1 Å². The average molecular weight is 276 g/mol. The Morgan fingerprint density at radius 2 is 2.15 bits per heavy atom. The number of rotatable bonds is 3. The summed E-state index contributed by atoms with van der Waals surface area (Å²) in [6.45, 7) is 3.12. The van der Waals surface area contributed by atoms with Gasteiger partial charge in [-0.3, -0.25) is 4.90 Å². The summed E-state index contributed by atoms with van der Waals surface area (Å²) in [5, 5.41) is 13.4. The smallest absolute Gasteiger partial charge is 0.118 e. The summed E-state index contributed by atoms with van der Waals surface area (Å²) in [6, 6.07) is 9.37. The topological polar surface area (TPSA) is 44.7 Å². The number of hydrogen-bond acceptors (Lipinski definition) is 4. The van der Waals surface area contributed by atoms with Gasteiger partial charge < -0.3 is 15.2 Å². The van der Waals surface area contributed by atoms with Crippen LogP contribution in [0.4, 0.5) is 0 Å². The number of piperazine rings is 1. The fourth-order valence-electron chi connectivity index (χ4n) is 3.36. The summed E-state index contributed by atoms with van der Waals surface area (Å²) in [4.78, 5) is 2.54. The highest BCUT2D eigenvalue weighted by atomic mass is 16.5. The van der Waals surface area contributed by atoms with Crippen molar-refractivity contribution in [1.82, 2.24) is 10.2 Å². The molecule has 0 aliphatic carbocycles. The van der Waals surface area contributed by atoms with Crippen LogP contribution in [0.15, 0.2) is 24.3 Å². The number of hydrogen-bond donors (Lipinski definition) is 2. The number of aliphatic hydroxyl groups is 1. The molecule has 1 aromatic rings. The molecule has 0 bridgehead atoms. The zero-order valence-corrected chi connectivity index (χ0v) is 12.1. The van der Waals surface area contributed by atoms with Crippen LogP contribution in [0, 0.1) is 0 Å². The number of benzene rings is 1. The first-order valence-electron chi connectivity index (χ1n) is 7.53. The lowest BCUT2D eigenvalue weighted by Gasteiger charge is -2.44. The minimum Gasteiger partial charge on any atom is -0.497 e. The molecule has 0 amide bonds. The Kier molecular flexibility index (Phi) is 4.24. The summed E-state index contributed by atoms with van der Waals surface area (Å²) in [5.74, 6) is 0.912. The van der Waals surface area contributed by atoms with Gasteiger partial charge in [-0.2, -0.15) is 0 Å². The molecule has 2 aliphatic heterocycles. The first kappa shape index (κ1) is 13.9. The van der Waals surface area contributed by atoms with Crippen molar-refractivity contribution in [2.24, 2.45) is 0 Å². The fourth-order valence-corrected chi connectivity index (χ4v) is 3.36. The predicted octanol–water partition coefficient (Wildman–Crippen LogP) is 1.03. The van der Waals surface area contributed by atoms with Gasteiger partial charge in [0.1, 0.15) is 5.75 Å². The van der Waals surface area contributed by atoms with Crippen molar-refractivity contribution in [2.45, 2.75) is 37.5 Å².